The molecule has 2 atom stereocenters. The van der Waals surface area contributed by atoms with Gasteiger partial charge in [-0.2, -0.15) is 0 Å². The van der Waals surface area contributed by atoms with Crippen molar-refractivity contribution < 1.29 is 42.9 Å². The molecule has 0 aromatic rings. The number of nitrogens with zero attached hydrogens (tertiary/aromatic N) is 1. The number of aliphatic carboxylic acids is 1. The molecule has 0 aliphatic heterocycles. The van der Waals surface area contributed by atoms with E-state index in [1.807, 2.05) is 21.1 Å². The van der Waals surface area contributed by atoms with Crippen LogP contribution in [0.25, 0.3) is 0 Å². The van der Waals surface area contributed by atoms with Crippen LogP contribution in [0.15, 0.2) is 48.6 Å². The topological polar surface area (TPSA) is 108 Å². The third-order valence-electron chi connectivity index (χ3n) is 13.3. The number of allylic oxidation sites excluding steroid dienone is 8. The van der Waals surface area contributed by atoms with Crippen LogP contribution >= 0.6 is 0 Å². The van der Waals surface area contributed by atoms with E-state index in [0.29, 0.717) is 17.4 Å². The molecule has 9 nitrogen and oxygen atoms in total. The van der Waals surface area contributed by atoms with Gasteiger partial charge in [0, 0.05) is 12.8 Å². The minimum atomic E-state index is -1.51. The first-order valence-corrected chi connectivity index (χ1v) is 30.3. The second kappa shape index (κ2) is 54.5. The van der Waals surface area contributed by atoms with Gasteiger partial charge in [0.25, 0.3) is 6.29 Å². The van der Waals surface area contributed by atoms with Crippen LogP contribution in [0.5, 0.6) is 0 Å². The van der Waals surface area contributed by atoms with E-state index in [0.717, 1.165) is 64.2 Å². The van der Waals surface area contributed by atoms with E-state index in [4.69, 9.17) is 18.9 Å². The van der Waals surface area contributed by atoms with Gasteiger partial charge in [0.1, 0.15) is 13.2 Å². The molecule has 0 saturated carbocycles. The molecule has 420 valence electrons. The van der Waals surface area contributed by atoms with Crippen molar-refractivity contribution in [3.05, 3.63) is 48.6 Å². The number of carboxylic acid groups (broad SMARTS) is 1. The van der Waals surface area contributed by atoms with Crippen molar-refractivity contribution in [2.45, 2.75) is 289 Å². The lowest BCUT2D eigenvalue weighted by Crippen LogP contribution is -2.40. The minimum absolute atomic E-state index is 0.184. The molecule has 72 heavy (non-hydrogen) atoms. The predicted octanol–water partition coefficient (Wildman–Crippen LogP) is 17.9. The van der Waals surface area contributed by atoms with Gasteiger partial charge in [0.2, 0.25) is 0 Å². The number of ether oxygens (including phenoxy) is 4. The van der Waals surface area contributed by atoms with Crippen molar-refractivity contribution in [1.82, 2.24) is 0 Å². The summed E-state index contributed by atoms with van der Waals surface area (Å²) in [4.78, 5) is 37.4. The Morgan fingerprint density at radius 2 is 0.750 bits per heavy atom. The quantitative estimate of drug-likeness (QED) is 0.0211. The second-order valence-corrected chi connectivity index (χ2v) is 21.7. The summed E-state index contributed by atoms with van der Waals surface area (Å²) in [6, 6.07) is 0. The predicted molar refractivity (Wildman–Crippen MR) is 304 cm³/mol. The molecule has 9 heteroatoms. The maximum absolute atomic E-state index is 12.9. The normalized spacial score (nSPS) is 13.1. The molecule has 0 aliphatic carbocycles. The van der Waals surface area contributed by atoms with Crippen LogP contribution in [-0.4, -0.2) is 87.4 Å². The first-order valence-electron chi connectivity index (χ1n) is 30.3. The molecule has 0 bridgehead atoms. The van der Waals surface area contributed by atoms with Crippen molar-refractivity contribution in [2.24, 2.45) is 0 Å². The largest absolute Gasteiger partial charge is 0.477 e. The zero-order valence-electron chi connectivity index (χ0n) is 47.8. The van der Waals surface area contributed by atoms with Gasteiger partial charge < -0.3 is 28.5 Å². The average Bonchev–Trinajstić information content (AvgIpc) is 3.35. The first kappa shape index (κ1) is 69.2. The molecule has 0 heterocycles. The Hall–Kier alpha value is -2.75. The molecule has 0 saturated heterocycles. The molecule has 0 aliphatic rings. The summed E-state index contributed by atoms with van der Waals surface area (Å²) < 4.78 is 22.9. The number of unbranched alkanes of at least 4 members (excludes halogenated alkanes) is 33. The van der Waals surface area contributed by atoms with Gasteiger partial charge in [-0.3, -0.25) is 9.59 Å². The van der Waals surface area contributed by atoms with Crippen molar-refractivity contribution in [3.8, 4) is 0 Å². The second-order valence-electron chi connectivity index (χ2n) is 21.7. The van der Waals surface area contributed by atoms with Gasteiger partial charge in [-0.15, -0.1) is 0 Å². The van der Waals surface area contributed by atoms with Gasteiger partial charge in [-0.25, -0.2) is 4.79 Å². The van der Waals surface area contributed by atoms with Crippen LogP contribution in [-0.2, 0) is 33.3 Å². The lowest BCUT2D eigenvalue weighted by Gasteiger charge is -2.25. The fraction of sp³-hybridized carbons (Fsp3) is 0.825. The number of carbonyl (C=O) groups is 3. The highest BCUT2D eigenvalue weighted by Gasteiger charge is 2.25. The molecule has 0 radical (unpaired) electrons. The van der Waals surface area contributed by atoms with E-state index in [-0.39, 0.29) is 32.2 Å². The van der Waals surface area contributed by atoms with Crippen LogP contribution in [0.3, 0.4) is 0 Å². The number of hydrogen-bond acceptors (Lipinski definition) is 7. The standard InChI is InChI=1S/C63H115NO8/c1-6-8-10-12-14-16-18-20-22-24-25-26-27-28-29-30-31-32-33-34-35-36-37-38-40-42-44-46-48-50-52-54-61(66)72-59(58-71-63(62(67)68)69-56-55-64(3,4)5)57-70-60(65)53-51-49-47-45-43-41-39-23-21-19-17-15-13-11-9-7-2/h18,20,23-25,27-28,39,59,63H,6-17,19,21-22,26,29-38,40-58H2,1-5H3/p+1/b20-18-,25-24-,28-27-,39-23-. The lowest BCUT2D eigenvalue weighted by molar-refractivity contribution is -0.870. The Kier molecular flexibility index (Phi) is 52.4. The summed E-state index contributed by atoms with van der Waals surface area (Å²) >= 11 is 0. The average molecular weight is 1020 g/mol. The molecular weight excluding hydrogens is 899 g/mol. The van der Waals surface area contributed by atoms with Crippen LogP contribution in [0.1, 0.15) is 277 Å². The van der Waals surface area contributed by atoms with Crippen LogP contribution < -0.4 is 0 Å². The molecule has 0 amide bonds. The van der Waals surface area contributed by atoms with Crippen LogP contribution in [0, 0.1) is 0 Å². The van der Waals surface area contributed by atoms with Gasteiger partial charge in [-0.1, -0.05) is 236 Å². The summed E-state index contributed by atoms with van der Waals surface area (Å²) in [5, 5.41) is 9.70. The van der Waals surface area contributed by atoms with E-state index in [9.17, 15) is 19.5 Å². The monoisotopic (exact) mass is 1010 g/mol. The summed E-state index contributed by atoms with van der Waals surface area (Å²) in [7, 11) is 5.97. The molecule has 0 fully saturated rings. The fourth-order valence-electron chi connectivity index (χ4n) is 8.60. The summed E-state index contributed by atoms with van der Waals surface area (Å²) in [5.74, 6) is -2.00. The minimum Gasteiger partial charge on any atom is -0.477 e. The van der Waals surface area contributed by atoms with Crippen molar-refractivity contribution in [2.75, 3.05) is 47.5 Å². The van der Waals surface area contributed by atoms with Crippen molar-refractivity contribution in [1.29, 1.82) is 0 Å². The maximum Gasteiger partial charge on any atom is 0.361 e. The van der Waals surface area contributed by atoms with Crippen LogP contribution in [0.2, 0.25) is 0 Å². The SMILES string of the molecule is CCCCCCC/C=C\C/C=C\C/C=C\CCCCCCCCCCCCCCCCCCC(=O)OC(COC(=O)CCCCCCC/C=C\CCCCCCCCC)COC(OCC[N+](C)(C)C)C(=O)O. The third kappa shape index (κ3) is 55.0. The smallest absolute Gasteiger partial charge is 0.361 e. The fourth-order valence-corrected chi connectivity index (χ4v) is 8.60. The highest BCUT2D eigenvalue weighted by atomic mass is 16.7. The summed E-state index contributed by atoms with van der Waals surface area (Å²) in [5.41, 5.74) is 0. The van der Waals surface area contributed by atoms with Gasteiger partial charge in [-0.05, 0) is 77.0 Å². The first-order chi connectivity index (χ1) is 35.1. The summed E-state index contributed by atoms with van der Waals surface area (Å²) in [6.45, 7) is 4.88. The van der Waals surface area contributed by atoms with E-state index in [1.165, 1.54) is 186 Å². The Morgan fingerprint density at radius 1 is 0.417 bits per heavy atom. The molecule has 0 aromatic heterocycles. The maximum atomic E-state index is 12.9. The number of likely N-dealkylation sites (N-methyl/N-ethyl adjacent to an activating group) is 1. The molecule has 1 N–H and O–H groups in total. The number of esters is 2. The van der Waals surface area contributed by atoms with Crippen molar-refractivity contribution in [3.63, 3.8) is 0 Å². The van der Waals surface area contributed by atoms with Gasteiger partial charge in [0.05, 0.1) is 34.4 Å². The molecular formula is C63H116NO8+. The highest BCUT2D eigenvalue weighted by Crippen LogP contribution is 2.16. The van der Waals surface area contributed by atoms with E-state index < -0.39 is 24.3 Å². The number of hydrogen-bond donors (Lipinski definition) is 1. The zero-order chi connectivity index (χ0) is 52.7. The Balaban J connectivity index is 4.14. The van der Waals surface area contributed by atoms with Crippen molar-refractivity contribution >= 4 is 17.9 Å². The number of carbonyl (C=O) groups excluding carboxylic acids is 2. The number of carboxylic acids is 1. The third-order valence-corrected chi connectivity index (χ3v) is 13.3. The summed E-state index contributed by atoms with van der Waals surface area (Å²) in [6.07, 6.45) is 64.8. The number of rotatable bonds is 56. The molecule has 0 rings (SSSR count). The zero-order valence-corrected chi connectivity index (χ0v) is 47.8. The Morgan fingerprint density at radius 3 is 1.12 bits per heavy atom. The lowest BCUT2D eigenvalue weighted by atomic mass is 10.0. The van der Waals surface area contributed by atoms with Gasteiger partial charge in [0.15, 0.2) is 6.10 Å². The highest BCUT2D eigenvalue weighted by molar-refractivity contribution is 5.71. The Labute approximate surface area is 444 Å². The Bertz CT molecular complexity index is 1320. The van der Waals surface area contributed by atoms with E-state index >= 15 is 0 Å². The molecule has 0 spiro atoms. The van der Waals surface area contributed by atoms with E-state index in [1.54, 1.807) is 0 Å². The molecule has 0 aromatic carbocycles. The van der Waals surface area contributed by atoms with E-state index in [2.05, 4.69) is 62.5 Å². The van der Waals surface area contributed by atoms with Gasteiger partial charge >= 0.3 is 17.9 Å². The molecule has 2 unspecified atom stereocenters. The van der Waals surface area contributed by atoms with Crippen LogP contribution in [0.4, 0.5) is 0 Å². The number of quaternary nitrogens is 1.